The van der Waals surface area contributed by atoms with E-state index in [1.54, 1.807) is 36.1 Å². The van der Waals surface area contributed by atoms with Gasteiger partial charge in [0.15, 0.2) is 5.78 Å². The maximum Gasteiger partial charge on any atom is 0.243 e. The van der Waals surface area contributed by atoms with E-state index in [0.29, 0.717) is 17.9 Å². The molecular weight excluding hydrogens is 272 g/mol. The molecule has 1 aromatic rings. The van der Waals surface area contributed by atoms with Gasteiger partial charge in [-0.1, -0.05) is 12.1 Å². The van der Waals surface area contributed by atoms with Crippen LogP contribution in [0.1, 0.15) is 24.2 Å². The number of hydrogen-bond acceptors (Lipinski definition) is 5. The summed E-state index contributed by atoms with van der Waals surface area (Å²) in [5.74, 6) is -0.417. The highest BCUT2D eigenvalue weighted by Crippen LogP contribution is 2.19. The van der Waals surface area contributed by atoms with Crippen molar-refractivity contribution in [3.63, 3.8) is 0 Å². The molecule has 0 radical (unpaired) electrons. The molecule has 1 aliphatic heterocycles. The van der Waals surface area contributed by atoms with Gasteiger partial charge < -0.3 is 4.74 Å². The number of hydrogen-bond donors (Lipinski definition) is 1. The first-order valence-electron chi connectivity index (χ1n) is 6.85. The van der Waals surface area contributed by atoms with Crippen LogP contribution in [0.3, 0.4) is 0 Å². The second-order valence-electron chi connectivity index (χ2n) is 4.85. The van der Waals surface area contributed by atoms with Gasteiger partial charge in [0.25, 0.3) is 0 Å². The van der Waals surface area contributed by atoms with Crippen LogP contribution >= 0.6 is 0 Å². The van der Waals surface area contributed by atoms with E-state index in [9.17, 15) is 14.4 Å². The summed E-state index contributed by atoms with van der Waals surface area (Å²) in [6.07, 6.45) is 0. The highest BCUT2D eigenvalue weighted by atomic mass is 16.5. The quantitative estimate of drug-likeness (QED) is 0.635. The summed E-state index contributed by atoms with van der Waals surface area (Å²) >= 11 is 0. The lowest BCUT2D eigenvalue weighted by molar-refractivity contribution is -0.139. The molecule has 0 aromatic heterocycles. The van der Waals surface area contributed by atoms with Crippen LogP contribution in [0.2, 0.25) is 0 Å². The maximum atomic E-state index is 12.4. The Kier molecular flexibility index (Phi) is 4.70. The lowest BCUT2D eigenvalue weighted by Crippen LogP contribution is -2.57. The molecule has 1 heterocycles. The molecule has 21 heavy (non-hydrogen) atoms. The van der Waals surface area contributed by atoms with E-state index in [2.05, 4.69) is 5.32 Å². The fraction of sp³-hybridized carbons (Fsp3) is 0.400. The number of para-hydroxylation sites is 1. The summed E-state index contributed by atoms with van der Waals surface area (Å²) in [7, 11) is 0. The smallest absolute Gasteiger partial charge is 0.243 e. The van der Waals surface area contributed by atoms with Gasteiger partial charge in [-0.05, 0) is 26.0 Å². The van der Waals surface area contributed by atoms with Gasteiger partial charge in [-0.2, -0.15) is 0 Å². The van der Waals surface area contributed by atoms with Crippen LogP contribution in [0.4, 0.5) is 0 Å². The molecule has 1 saturated heterocycles. The van der Waals surface area contributed by atoms with Crippen molar-refractivity contribution in [1.82, 2.24) is 10.2 Å². The standard InChI is InChI=1S/C15H18N2O4/c1-3-21-13-7-5-4-6-11(13)12(18)8-17-9-14(19)16-15(20)10(17)2/h4-7,10H,3,8-9H2,1-2H3,(H,16,19,20). The van der Waals surface area contributed by atoms with Crippen molar-refractivity contribution in [1.29, 1.82) is 0 Å². The summed E-state index contributed by atoms with van der Waals surface area (Å²) in [5, 5.41) is 2.25. The first kappa shape index (κ1) is 15.2. The zero-order valence-electron chi connectivity index (χ0n) is 12.1. The van der Waals surface area contributed by atoms with Gasteiger partial charge in [-0.15, -0.1) is 0 Å². The number of carbonyl (C=O) groups excluding carboxylic acids is 3. The third-order valence-corrected chi connectivity index (χ3v) is 3.37. The number of imide groups is 1. The molecule has 0 spiro atoms. The number of piperazine rings is 1. The lowest BCUT2D eigenvalue weighted by Gasteiger charge is -2.30. The average Bonchev–Trinajstić information content (AvgIpc) is 2.45. The van der Waals surface area contributed by atoms with E-state index in [-0.39, 0.29) is 30.7 Å². The number of amides is 2. The predicted octanol–water partition coefficient (Wildman–Crippen LogP) is 0.615. The highest BCUT2D eigenvalue weighted by Gasteiger charge is 2.31. The minimum absolute atomic E-state index is 0.00438. The number of rotatable bonds is 5. The molecule has 2 rings (SSSR count). The minimum Gasteiger partial charge on any atom is -0.493 e. The number of ketones is 1. The Morgan fingerprint density at radius 2 is 2.10 bits per heavy atom. The van der Waals surface area contributed by atoms with Gasteiger partial charge in [0.05, 0.1) is 31.3 Å². The molecule has 0 saturated carbocycles. The molecule has 0 bridgehead atoms. The first-order chi connectivity index (χ1) is 10.0. The minimum atomic E-state index is -0.508. The van der Waals surface area contributed by atoms with Crippen molar-refractivity contribution < 1.29 is 19.1 Å². The van der Waals surface area contributed by atoms with Crippen LogP contribution in [0.5, 0.6) is 5.75 Å². The number of benzene rings is 1. The van der Waals surface area contributed by atoms with Crippen molar-refractivity contribution >= 4 is 17.6 Å². The van der Waals surface area contributed by atoms with Crippen molar-refractivity contribution in [2.45, 2.75) is 19.9 Å². The first-order valence-corrected chi connectivity index (χ1v) is 6.85. The molecule has 6 heteroatoms. The van der Waals surface area contributed by atoms with Gasteiger partial charge >= 0.3 is 0 Å². The molecule has 1 aliphatic rings. The number of carbonyl (C=O) groups is 3. The van der Waals surface area contributed by atoms with E-state index >= 15 is 0 Å². The number of ether oxygens (including phenoxy) is 1. The van der Waals surface area contributed by atoms with Crippen LogP contribution in [-0.2, 0) is 9.59 Å². The van der Waals surface area contributed by atoms with Gasteiger partial charge in [0.1, 0.15) is 5.75 Å². The van der Waals surface area contributed by atoms with Gasteiger partial charge in [0, 0.05) is 0 Å². The molecule has 1 atom stereocenters. The molecule has 6 nitrogen and oxygen atoms in total. The van der Waals surface area contributed by atoms with E-state index < -0.39 is 6.04 Å². The second-order valence-corrected chi connectivity index (χ2v) is 4.85. The molecule has 1 aromatic carbocycles. The van der Waals surface area contributed by atoms with E-state index in [4.69, 9.17) is 4.74 Å². The normalized spacial score (nSPS) is 19.2. The zero-order valence-corrected chi connectivity index (χ0v) is 12.1. The van der Waals surface area contributed by atoms with Crippen molar-refractivity contribution in [2.75, 3.05) is 19.7 Å². The SMILES string of the molecule is CCOc1ccccc1C(=O)CN1CC(=O)NC(=O)C1C. The maximum absolute atomic E-state index is 12.4. The Bertz CT molecular complexity index is 571. The van der Waals surface area contributed by atoms with E-state index in [1.165, 1.54) is 0 Å². The third kappa shape index (κ3) is 3.46. The van der Waals surface area contributed by atoms with E-state index in [1.807, 2.05) is 6.92 Å². The Hall–Kier alpha value is -2.21. The van der Waals surface area contributed by atoms with Crippen LogP contribution in [0, 0.1) is 0 Å². The Morgan fingerprint density at radius 1 is 1.38 bits per heavy atom. The molecule has 0 aliphatic carbocycles. The fourth-order valence-electron chi connectivity index (χ4n) is 2.21. The molecule has 112 valence electrons. The summed E-state index contributed by atoms with van der Waals surface area (Å²) in [6.45, 7) is 4.02. The van der Waals surface area contributed by atoms with E-state index in [0.717, 1.165) is 0 Å². The number of Topliss-reactive ketones (excluding diaryl/α,β-unsaturated/α-hetero) is 1. The summed E-state index contributed by atoms with van der Waals surface area (Å²) in [6, 6.07) is 6.46. The molecule has 1 unspecified atom stereocenters. The summed E-state index contributed by atoms with van der Waals surface area (Å²) in [5.41, 5.74) is 0.463. The Balaban J connectivity index is 2.14. The average molecular weight is 290 g/mol. The number of nitrogens with one attached hydrogen (secondary N) is 1. The molecule has 2 amide bonds. The fourth-order valence-corrected chi connectivity index (χ4v) is 2.21. The molecule has 1 N–H and O–H groups in total. The topological polar surface area (TPSA) is 75.7 Å². The summed E-state index contributed by atoms with van der Waals surface area (Å²) in [4.78, 5) is 37.0. The van der Waals surface area contributed by atoms with Gasteiger partial charge in [-0.3, -0.25) is 24.6 Å². The van der Waals surface area contributed by atoms with Gasteiger partial charge in [0.2, 0.25) is 11.8 Å². The van der Waals surface area contributed by atoms with Crippen LogP contribution in [0.25, 0.3) is 0 Å². The Labute approximate surface area is 123 Å². The van der Waals surface area contributed by atoms with Crippen molar-refractivity contribution in [3.05, 3.63) is 29.8 Å². The zero-order chi connectivity index (χ0) is 15.4. The number of nitrogens with zero attached hydrogens (tertiary/aromatic N) is 1. The summed E-state index contributed by atoms with van der Waals surface area (Å²) < 4.78 is 5.43. The van der Waals surface area contributed by atoms with Gasteiger partial charge in [-0.25, -0.2) is 0 Å². The molecule has 1 fully saturated rings. The molecular formula is C15H18N2O4. The van der Waals surface area contributed by atoms with Crippen LogP contribution < -0.4 is 10.1 Å². The largest absolute Gasteiger partial charge is 0.493 e. The van der Waals surface area contributed by atoms with Crippen LogP contribution in [-0.4, -0.2) is 48.2 Å². The predicted molar refractivity (Wildman–Crippen MR) is 76.1 cm³/mol. The van der Waals surface area contributed by atoms with Crippen molar-refractivity contribution in [2.24, 2.45) is 0 Å². The lowest BCUT2D eigenvalue weighted by atomic mass is 10.1. The van der Waals surface area contributed by atoms with Crippen LogP contribution in [0.15, 0.2) is 24.3 Å². The monoisotopic (exact) mass is 290 g/mol. The van der Waals surface area contributed by atoms with Crippen molar-refractivity contribution in [3.8, 4) is 5.75 Å². The highest BCUT2D eigenvalue weighted by molar-refractivity contribution is 6.03. The Morgan fingerprint density at radius 3 is 2.81 bits per heavy atom. The second kappa shape index (κ2) is 6.49. The third-order valence-electron chi connectivity index (χ3n) is 3.37.